The van der Waals surface area contributed by atoms with E-state index < -0.39 is 11.4 Å². The van der Waals surface area contributed by atoms with E-state index in [1.807, 2.05) is 27.7 Å². The maximum Gasteiger partial charge on any atom is 0.311 e. The second-order valence-electron chi connectivity index (χ2n) is 5.82. The molecule has 0 aliphatic carbocycles. The first kappa shape index (κ1) is 14.5. The highest BCUT2D eigenvalue weighted by atomic mass is 32.1. The molecule has 4 nitrogen and oxygen atoms in total. The van der Waals surface area contributed by atoms with E-state index in [4.69, 9.17) is 0 Å². The lowest BCUT2D eigenvalue weighted by Crippen LogP contribution is -2.39. The zero-order valence-corrected chi connectivity index (χ0v) is 12.9. The molecule has 1 unspecified atom stereocenters. The molecular formula is C14H22N2O2S. The Morgan fingerprint density at radius 1 is 1.53 bits per heavy atom. The number of rotatable bonds is 4. The van der Waals surface area contributed by atoms with Gasteiger partial charge in [0.25, 0.3) is 0 Å². The Labute approximate surface area is 118 Å². The summed E-state index contributed by atoms with van der Waals surface area (Å²) in [6.07, 6.45) is 0.747. The molecule has 1 saturated heterocycles. The molecule has 2 rings (SSSR count). The van der Waals surface area contributed by atoms with Crippen molar-refractivity contribution in [2.75, 3.05) is 13.1 Å². The zero-order chi connectivity index (χ0) is 14.2. The molecule has 106 valence electrons. The van der Waals surface area contributed by atoms with Crippen LogP contribution in [0.5, 0.6) is 0 Å². The number of aromatic nitrogens is 1. The fourth-order valence-electron chi connectivity index (χ4n) is 2.87. The number of carboxylic acids is 1. The molecule has 0 amide bonds. The van der Waals surface area contributed by atoms with Gasteiger partial charge in [0.1, 0.15) is 0 Å². The Bertz CT molecular complexity index is 484. The van der Waals surface area contributed by atoms with Gasteiger partial charge >= 0.3 is 5.97 Å². The SMILES string of the molecule is Cc1nc(C)c(CN2CCC(C(=O)O)(C(C)C)C2)s1. The summed E-state index contributed by atoms with van der Waals surface area (Å²) in [6.45, 7) is 10.4. The molecule has 1 aromatic heterocycles. The van der Waals surface area contributed by atoms with Crippen LogP contribution in [-0.4, -0.2) is 34.0 Å². The standard InChI is InChI=1S/C14H22N2O2S/c1-9(2)14(13(17)18)5-6-16(8-14)7-12-10(3)15-11(4)19-12/h9H,5-8H2,1-4H3,(H,17,18). The van der Waals surface area contributed by atoms with Crippen LogP contribution in [0.15, 0.2) is 0 Å². The van der Waals surface area contributed by atoms with Crippen molar-refractivity contribution in [3.05, 3.63) is 15.6 Å². The Balaban J connectivity index is 2.10. The Hall–Kier alpha value is -0.940. The van der Waals surface area contributed by atoms with Gasteiger partial charge in [-0.15, -0.1) is 11.3 Å². The summed E-state index contributed by atoms with van der Waals surface area (Å²) < 4.78 is 0. The monoisotopic (exact) mass is 282 g/mol. The van der Waals surface area contributed by atoms with Crippen molar-refractivity contribution in [1.82, 2.24) is 9.88 Å². The molecule has 19 heavy (non-hydrogen) atoms. The first-order valence-electron chi connectivity index (χ1n) is 6.74. The maximum atomic E-state index is 11.6. The highest BCUT2D eigenvalue weighted by molar-refractivity contribution is 7.11. The minimum absolute atomic E-state index is 0.166. The highest BCUT2D eigenvalue weighted by Crippen LogP contribution is 2.39. The van der Waals surface area contributed by atoms with Crippen LogP contribution in [0, 0.1) is 25.2 Å². The third kappa shape index (κ3) is 2.67. The minimum Gasteiger partial charge on any atom is -0.481 e. The largest absolute Gasteiger partial charge is 0.481 e. The summed E-state index contributed by atoms with van der Waals surface area (Å²) in [5.41, 5.74) is 0.507. The average molecular weight is 282 g/mol. The Kier molecular flexibility index (Phi) is 3.97. The molecule has 1 aliphatic heterocycles. The first-order valence-corrected chi connectivity index (χ1v) is 7.55. The number of hydrogen-bond donors (Lipinski definition) is 1. The Morgan fingerprint density at radius 2 is 2.21 bits per heavy atom. The van der Waals surface area contributed by atoms with Crippen molar-refractivity contribution in [2.24, 2.45) is 11.3 Å². The molecule has 0 bridgehead atoms. The van der Waals surface area contributed by atoms with E-state index >= 15 is 0 Å². The number of nitrogens with zero attached hydrogens (tertiary/aromatic N) is 2. The van der Waals surface area contributed by atoms with E-state index in [-0.39, 0.29) is 5.92 Å². The van der Waals surface area contributed by atoms with Crippen molar-refractivity contribution in [3.63, 3.8) is 0 Å². The van der Waals surface area contributed by atoms with Gasteiger partial charge in [0.15, 0.2) is 0 Å². The first-order chi connectivity index (χ1) is 8.85. The summed E-state index contributed by atoms with van der Waals surface area (Å²) in [7, 11) is 0. The molecule has 1 atom stereocenters. The molecule has 2 heterocycles. The fourth-order valence-corrected chi connectivity index (χ4v) is 3.85. The summed E-state index contributed by atoms with van der Waals surface area (Å²) >= 11 is 1.72. The van der Waals surface area contributed by atoms with Crippen molar-refractivity contribution in [1.29, 1.82) is 0 Å². The Morgan fingerprint density at radius 3 is 2.63 bits per heavy atom. The van der Waals surface area contributed by atoms with E-state index in [0.717, 1.165) is 30.2 Å². The molecule has 1 fully saturated rings. The number of aliphatic carboxylic acids is 1. The third-order valence-corrected chi connectivity index (χ3v) is 5.34. The topological polar surface area (TPSA) is 53.4 Å². The van der Waals surface area contributed by atoms with E-state index in [0.29, 0.717) is 6.54 Å². The van der Waals surface area contributed by atoms with Gasteiger partial charge in [-0.05, 0) is 32.7 Å². The number of hydrogen-bond acceptors (Lipinski definition) is 4. The van der Waals surface area contributed by atoms with Crippen LogP contribution in [-0.2, 0) is 11.3 Å². The van der Waals surface area contributed by atoms with Crippen molar-refractivity contribution in [3.8, 4) is 0 Å². The van der Waals surface area contributed by atoms with E-state index in [9.17, 15) is 9.90 Å². The lowest BCUT2D eigenvalue weighted by Gasteiger charge is -2.28. The minimum atomic E-state index is -0.651. The van der Waals surface area contributed by atoms with Crippen LogP contribution in [0.4, 0.5) is 0 Å². The second-order valence-corrected chi connectivity index (χ2v) is 7.11. The van der Waals surface area contributed by atoms with Gasteiger partial charge in [0, 0.05) is 18.0 Å². The van der Waals surface area contributed by atoms with Gasteiger partial charge in [-0.1, -0.05) is 13.8 Å². The predicted octanol–water partition coefficient (Wildman–Crippen LogP) is 2.69. The molecule has 0 aromatic carbocycles. The van der Waals surface area contributed by atoms with Crippen LogP contribution in [0.25, 0.3) is 0 Å². The van der Waals surface area contributed by atoms with Gasteiger partial charge in [0.2, 0.25) is 0 Å². The van der Waals surface area contributed by atoms with E-state index in [1.165, 1.54) is 4.88 Å². The smallest absolute Gasteiger partial charge is 0.311 e. The summed E-state index contributed by atoms with van der Waals surface area (Å²) in [5, 5.41) is 10.6. The van der Waals surface area contributed by atoms with Crippen molar-refractivity contribution in [2.45, 2.75) is 40.7 Å². The fraction of sp³-hybridized carbons (Fsp3) is 0.714. The van der Waals surface area contributed by atoms with E-state index in [1.54, 1.807) is 11.3 Å². The quantitative estimate of drug-likeness (QED) is 0.922. The van der Waals surface area contributed by atoms with E-state index in [2.05, 4.69) is 9.88 Å². The van der Waals surface area contributed by atoms with Gasteiger partial charge in [0.05, 0.1) is 16.1 Å². The highest BCUT2D eigenvalue weighted by Gasteiger charge is 2.47. The molecule has 1 aliphatic rings. The third-order valence-electron chi connectivity index (χ3n) is 4.28. The van der Waals surface area contributed by atoms with Gasteiger partial charge in [-0.3, -0.25) is 9.69 Å². The van der Waals surface area contributed by atoms with Gasteiger partial charge in [-0.25, -0.2) is 4.98 Å². The van der Waals surface area contributed by atoms with Crippen LogP contribution < -0.4 is 0 Å². The number of thiazole rings is 1. The van der Waals surface area contributed by atoms with Gasteiger partial charge < -0.3 is 5.11 Å². The molecule has 1 N–H and O–H groups in total. The number of carboxylic acid groups (broad SMARTS) is 1. The maximum absolute atomic E-state index is 11.6. The van der Waals surface area contributed by atoms with Crippen LogP contribution in [0.2, 0.25) is 0 Å². The molecular weight excluding hydrogens is 260 g/mol. The lowest BCUT2D eigenvalue weighted by atomic mass is 9.76. The van der Waals surface area contributed by atoms with Gasteiger partial charge in [-0.2, -0.15) is 0 Å². The summed E-state index contributed by atoms with van der Waals surface area (Å²) in [5.74, 6) is -0.485. The summed E-state index contributed by atoms with van der Waals surface area (Å²) in [4.78, 5) is 19.6. The normalized spacial score (nSPS) is 24.3. The van der Waals surface area contributed by atoms with Crippen LogP contribution in [0.1, 0.15) is 35.8 Å². The lowest BCUT2D eigenvalue weighted by molar-refractivity contribution is -0.151. The van der Waals surface area contributed by atoms with Crippen LogP contribution in [0.3, 0.4) is 0 Å². The number of likely N-dealkylation sites (tertiary alicyclic amines) is 1. The molecule has 0 spiro atoms. The average Bonchev–Trinajstić information content (AvgIpc) is 2.85. The second kappa shape index (κ2) is 5.21. The van der Waals surface area contributed by atoms with Crippen molar-refractivity contribution < 1.29 is 9.90 Å². The van der Waals surface area contributed by atoms with Crippen molar-refractivity contribution >= 4 is 17.3 Å². The number of aryl methyl sites for hydroxylation is 2. The summed E-state index contributed by atoms with van der Waals surface area (Å²) in [6, 6.07) is 0. The van der Waals surface area contributed by atoms with Crippen LogP contribution >= 0.6 is 11.3 Å². The molecule has 5 heteroatoms. The predicted molar refractivity (Wildman–Crippen MR) is 76.4 cm³/mol. The molecule has 0 radical (unpaired) electrons. The molecule has 0 saturated carbocycles. The molecule has 1 aromatic rings. The number of carbonyl (C=O) groups is 1. The zero-order valence-electron chi connectivity index (χ0n) is 12.1.